The first kappa shape index (κ1) is 12.3. The van der Waals surface area contributed by atoms with E-state index in [4.69, 9.17) is 5.73 Å². The lowest BCUT2D eigenvalue weighted by atomic mass is 10.2. The van der Waals surface area contributed by atoms with Gasteiger partial charge in [-0.15, -0.1) is 0 Å². The Bertz CT molecular complexity index is 184. The molecule has 0 saturated heterocycles. The maximum atomic E-state index is 11.8. The topological polar surface area (TPSA) is 38.4 Å². The maximum absolute atomic E-state index is 11.8. The van der Waals surface area contributed by atoms with Gasteiger partial charge in [0.15, 0.2) is 0 Å². The first-order valence-electron chi connectivity index (χ1n) is 4.12. The van der Waals surface area contributed by atoms with E-state index >= 15 is 0 Å². The van der Waals surface area contributed by atoms with Crippen molar-refractivity contribution in [3.63, 3.8) is 0 Å². The lowest BCUT2D eigenvalue weighted by molar-refractivity contribution is -0.137. The summed E-state index contributed by atoms with van der Waals surface area (Å²) < 4.78 is 35.5. The summed E-state index contributed by atoms with van der Waals surface area (Å²) in [4.78, 5) is 3.74. The number of nitrogens with two attached hydrogens (primary N) is 1. The molecule has 0 aromatic rings. The van der Waals surface area contributed by atoms with Gasteiger partial charge in [-0.25, -0.2) is 0 Å². The molecule has 0 amide bonds. The molecule has 1 atom stereocenters. The molecule has 0 spiro atoms. The van der Waals surface area contributed by atoms with E-state index in [2.05, 4.69) is 4.99 Å². The van der Waals surface area contributed by atoms with Crippen LogP contribution in [-0.4, -0.2) is 18.1 Å². The summed E-state index contributed by atoms with van der Waals surface area (Å²) in [6.07, 6.45) is -5.08. The summed E-state index contributed by atoms with van der Waals surface area (Å²) in [7, 11) is 0. The van der Waals surface area contributed by atoms with Gasteiger partial charge in [0.2, 0.25) is 0 Å². The number of amidine groups is 1. The predicted molar refractivity (Wildman–Crippen MR) is 46.6 cm³/mol. The summed E-state index contributed by atoms with van der Waals surface area (Å²) >= 11 is 0. The van der Waals surface area contributed by atoms with Crippen LogP contribution in [0.3, 0.4) is 0 Å². The average molecular weight is 196 g/mol. The largest absolute Gasteiger partial charge is 0.391 e. The molecule has 78 valence electrons. The van der Waals surface area contributed by atoms with E-state index in [1.54, 1.807) is 13.8 Å². The zero-order chi connectivity index (χ0) is 10.6. The zero-order valence-corrected chi connectivity index (χ0v) is 8.02. The minimum absolute atomic E-state index is 0.00400. The standard InChI is InChI=1S/C8H15F3N2/c1-5(2)7(12)13-6(3)4-8(9,10)11/h5-6H,4H2,1-3H3,(H2,12,13). The minimum atomic E-state index is -4.17. The van der Waals surface area contributed by atoms with Crippen molar-refractivity contribution in [2.24, 2.45) is 16.6 Å². The molecule has 13 heavy (non-hydrogen) atoms. The normalized spacial score (nSPS) is 16.4. The van der Waals surface area contributed by atoms with Crippen LogP contribution in [0.2, 0.25) is 0 Å². The summed E-state index contributed by atoms with van der Waals surface area (Å²) in [6, 6.07) is -0.789. The van der Waals surface area contributed by atoms with Gasteiger partial charge in [0, 0.05) is 5.92 Å². The second kappa shape index (κ2) is 4.48. The molecule has 2 nitrogen and oxygen atoms in total. The van der Waals surface area contributed by atoms with Crippen LogP contribution >= 0.6 is 0 Å². The summed E-state index contributed by atoms with van der Waals surface area (Å²) in [5, 5.41) is 0. The highest BCUT2D eigenvalue weighted by Gasteiger charge is 2.29. The molecule has 5 heteroatoms. The fourth-order valence-corrected chi connectivity index (χ4v) is 0.784. The molecule has 0 aliphatic rings. The Hall–Kier alpha value is -0.740. The van der Waals surface area contributed by atoms with Gasteiger partial charge in [0.25, 0.3) is 0 Å². The van der Waals surface area contributed by atoms with Crippen molar-refractivity contribution in [3.05, 3.63) is 0 Å². The van der Waals surface area contributed by atoms with Crippen LogP contribution in [0.15, 0.2) is 4.99 Å². The number of hydrogen-bond acceptors (Lipinski definition) is 1. The van der Waals surface area contributed by atoms with Gasteiger partial charge in [-0.2, -0.15) is 13.2 Å². The number of alkyl halides is 3. The molecule has 0 saturated carbocycles. The fourth-order valence-electron chi connectivity index (χ4n) is 0.784. The van der Waals surface area contributed by atoms with Gasteiger partial charge in [-0.05, 0) is 6.92 Å². The Balaban J connectivity index is 4.14. The van der Waals surface area contributed by atoms with Crippen LogP contribution in [0.25, 0.3) is 0 Å². The van der Waals surface area contributed by atoms with Crippen LogP contribution in [-0.2, 0) is 0 Å². The Labute approximate surface area is 76.0 Å². The molecule has 2 N–H and O–H groups in total. The van der Waals surface area contributed by atoms with Crippen molar-refractivity contribution in [3.8, 4) is 0 Å². The molecule has 0 bridgehead atoms. The number of hydrogen-bond donors (Lipinski definition) is 1. The molecule has 1 unspecified atom stereocenters. The number of halogens is 3. The lowest BCUT2D eigenvalue weighted by Crippen LogP contribution is -2.23. The smallest absolute Gasteiger partial charge is 0.387 e. The second-order valence-electron chi connectivity index (χ2n) is 3.38. The highest BCUT2D eigenvalue weighted by molar-refractivity contribution is 5.82. The molecule has 0 aromatic carbocycles. The molecular formula is C8H15F3N2. The summed E-state index contributed by atoms with van der Waals surface area (Å²) in [5.74, 6) is 0.271. The third kappa shape index (κ3) is 6.42. The highest BCUT2D eigenvalue weighted by Crippen LogP contribution is 2.22. The van der Waals surface area contributed by atoms with Gasteiger partial charge in [-0.1, -0.05) is 13.8 Å². The Morgan fingerprint density at radius 1 is 1.31 bits per heavy atom. The maximum Gasteiger partial charge on any atom is 0.391 e. The van der Waals surface area contributed by atoms with Crippen molar-refractivity contribution >= 4 is 5.84 Å². The Morgan fingerprint density at radius 2 is 1.77 bits per heavy atom. The van der Waals surface area contributed by atoms with Crippen LogP contribution in [0.1, 0.15) is 27.2 Å². The SMILES string of the molecule is CC(CC(F)(F)F)N=C(N)C(C)C. The first-order valence-corrected chi connectivity index (χ1v) is 4.12. The third-order valence-corrected chi connectivity index (χ3v) is 1.49. The number of aliphatic imine (C=N–C) groups is 1. The van der Waals surface area contributed by atoms with Crippen LogP contribution < -0.4 is 5.73 Å². The predicted octanol–water partition coefficient (Wildman–Crippen LogP) is 2.34. The van der Waals surface area contributed by atoms with Gasteiger partial charge in [-0.3, -0.25) is 4.99 Å². The van der Waals surface area contributed by atoms with E-state index < -0.39 is 18.6 Å². The van der Waals surface area contributed by atoms with Crippen molar-refractivity contribution < 1.29 is 13.2 Å². The van der Waals surface area contributed by atoms with E-state index in [1.165, 1.54) is 6.92 Å². The molecule has 0 aliphatic heterocycles. The molecule has 0 heterocycles. The molecule has 0 aliphatic carbocycles. The van der Waals surface area contributed by atoms with Gasteiger partial charge in [0.05, 0.1) is 18.3 Å². The van der Waals surface area contributed by atoms with E-state index in [9.17, 15) is 13.2 Å². The van der Waals surface area contributed by atoms with E-state index in [0.717, 1.165) is 0 Å². The van der Waals surface area contributed by atoms with Crippen molar-refractivity contribution in [1.82, 2.24) is 0 Å². The molecule has 0 aromatic heterocycles. The summed E-state index contributed by atoms with van der Waals surface area (Å²) in [5.41, 5.74) is 5.42. The lowest BCUT2D eigenvalue weighted by Gasteiger charge is -2.12. The highest BCUT2D eigenvalue weighted by atomic mass is 19.4. The van der Waals surface area contributed by atoms with Gasteiger partial charge in [0.1, 0.15) is 0 Å². The van der Waals surface area contributed by atoms with Crippen molar-refractivity contribution in [2.75, 3.05) is 0 Å². The van der Waals surface area contributed by atoms with E-state index in [-0.39, 0.29) is 11.8 Å². The Morgan fingerprint density at radius 3 is 2.08 bits per heavy atom. The minimum Gasteiger partial charge on any atom is -0.387 e. The van der Waals surface area contributed by atoms with Gasteiger partial charge < -0.3 is 5.73 Å². The first-order chi connectivity index (χ1) is 5.72. The molecular weight excluding hydrogens is 181 g/mol. The van der Waals surface area contributed by atoms with Crippen LogP contribution in [0.4, 0.5) is 13.2 Å². The number of nitrogens with zero attached hydrogens (tertiary/aromatic N) is 1. The van der Waals surface area contributed by atoms with Crippen LogP contribution in [0, 0.1) is 5.92 Å². The quantitative estimate of drug-likeness (QED) is 0.546. The van der Waals surface area contributed by atoms with E-state index in [1.807, 2.05) is 0 Å². The monoisotopic (exact) mass is 196 g/mol. The zero-order valence-electron chi connectivity index (χ0n) is 8.02. The van der Waals surface area contributed by atoms with Crippen molar-refractivity contribution in [2.45, 2.75) is 39.4 Å². The van der Waals surface area contributed by atoms with Crippen LogP contribution in [0.5, 0.6) is 0 Å². The summed E-state index contributed by atoms with van der Waals surface area (Å²) in [6.45, 7) is 4.99. The molecule has 0 radical (unpaired) electrons. The number of rotatable bonds is 3. The van der Waals surface area contributed by atoms with E-state index in [0.29, 0.717) is 0 Å². The fraction of sp³-hybridized carbons (Fsp3) is 0.875. The molecule has 0 rings (SSSR count). The third-order valence-electron chi connectivity index (χ3n) is 1.49. The molecule has 0 fully saturated rings. The van der Waals surface area contributed by atoms with Gasteiger partial charge >= 0.3 is 6.18 Å². The Kier molecular flexibility index (Phi) is 4.23. The average Bonchev–Trinajstić information content (AvgIpc) is 1.81. The second-order valence-corrected chi connectivity index (χ2v) is 3.38. The van der Waals surface area contributed by atoms with Crippen molar-refractivity contribution in [1.29, 1.82) is 0 Å².